The highest BCUT2D eigenvalue weighted by molar-refractivity contribution is 5.84. The monoisotopic (exact) mass is 429 g/mol. The fourth-order valence-electron chi connectivity index (χ4n) is 4.83. The van der Waals surface area contributed by atoms with Gasteiger partial charge in [0, 0.05) is 20.1 Å². The lowest BCUT2D eigenvalue weighted by Crippen LogP contribution is -2.54. The number of likely N-dealkylation sites (tertiary alicyclic amines) is 1. The number of hydrogen-bond acceptors (Lipinski definition) is 4. The summed E-state index contributed by atoms with van der Waals surface area (Å²) in [5, 5.41) is 0. The molecule has 1 aromatic rings. The highest BCUT2D eigenvalue weighted by Gasteiger charge is 2.43. The second-order valence-electron chi connectivity index (χ2n) is 9.62. The van der Waals surface area contributed by atoms with Gasteiger partial charge in [0.15, 0.2) is 0 Å². The first kappa shape index (κ1) is 23.6. The van der Waals surface area contributed by atoms with Crippen LogP contribution >= 0.6 is 0 Å². The Morgan fingerprint density at radius 1 is 1.06 bits per heavy atom. The molecule has 172 valence electrons. The molecule has 1 fully saturated rings. The molecular formula is C25H39N3O3. The molecule has 1 saturated heterocycles. The number of hydrogen-bond donors (Lipinski definition) is 1. The van der Waals surface area contributed by atoms with E-state index in [1.807, 2.05) is 42.8 Å². The Balaban J connectivity index is 1.69. The van der Waals surface area contributed by atoms with E-state index in [1.165, 1.54) is 5.56 Å². The first-order valence-electron chi connectivity index (χ1n) is 11.8. The molecule has 0 aromatic heterocycles. The number of nitrogens with two attached hydrogens (primary N) is 1. The van der Waals surface area contributed by atoms with E-state index in [1.54, 1.807) is 0 Å². The lowest BCUT2D eigenvalue weighted by Gasteiger charge is -2.43. The molecule has 2 aliphatic rings. The predicted octanol–water partition coefficient (Wildman–Crippen LogP) is 3.23. The van der Waals surface area contributed by atoms with Crippen molar-refractivity contribution in [3.8, 4) is 5.75 Å². The van der Waals surface area contributed by atoms with Crippen molar-refractivity contribution in [3.63, 3.8) is 0 Å². The normalized spacial score (nSPS) is 21.5. The van der Waals surface area contributed by atoms with Crippen molar-refractivity contribution in [1.29, 1.82) is 0 Å². The zero-order chi connectivity index (χ0) is 22.4. The number of fused-ring (bicyclic) bond motifs is 1. The largest absolute Gasteiger partial charge is 0.491 e. The van der Waals surface area contributed by atoms with Crippen molar-refractivity contribution in [1.82, 2.24) is 9.80 Å². The molecule has 1 spiro atoms. The van der Waals surface area contributed by atoms with E-state index < -0.39 is 6.04 Å². The Morgan fingerprint density at radius 3 is 2.48 bits per heavy atom. The van der Waals surface area contributed by atoms with E-state index in [0.29, 0.717) is 39.1 Å². The molecule has 2 N–H and O–H groups in total. The summed E-state index contributed by atoms with van der Waals surface area (Å²) in [6.07, 6.45) is 6.53. The Kier molecular flexibility index (Phi) is 7.98. The van der Waals surface area contributed by atoms with Crippen LogP contribution in [0, 0.1) is 11.3 Å². The fourth-order valence-corrected chi connectivity index (χ4v) is 4.83. The van der Waals surface area contributed by atoms with Crippen molar-refractivity contribution < 1.29 is 14.3 Å². The minimum absolute atomic E-state index is 0.0152. The van der Waals surface area contributed by atoms with E-state index in [2.05, 4.69) is 12.1 Å². The van der Waals surface area contributed by atoms with Gasteiger partial charge in [0.1, 0.15) is 12.4 Å². The number of rotatable bonds is 2. The first-order valence-corrected chi connectivity index (χ1v) is 11.8. The molecule has 6 nitrogen and oxygen atoms in total. The summed E-state index contributed by atoms with van der Waals surface area (Å²) in [6.45, 7) is 6.23. The van der Waals surface area contributed by atoms with Crippen LogP contribution in [0.1, 0.15) is 57.9 Å². The zero-order valence-electron chi connectivity index (χ0n) is 19.4. The summed E-state index contributed by atoms with van der Waals surface area (Å²) in [7, 11) is 1.88. The fraction of sp³-hybridized carbons (Fsp3) is 0.680. The summed E-state index contributed by atoms with van der Waals surface area (Å²) >= 11 is 0. The van der Waals surface area contributed by atoms with Gasteiger partial charge in [-0.1, -0.05) is 44.9 Å². The third-order valence-corrected chi connectivity index (χ3v) is 7.09. The smallest absolute Gasteiger partial charge is 0.239 e. The average Bonchev–Trinajstić information content (AvgIpc) is 2.78. The quantitative estimate of drug-likeness (QED) is 0.783. The second-order valence-corrected chi connectivity index (χ2v) is 9.62. The number of ether oxygens (including phenoxy) is 1. The molecule has 0 radical (unpaired) electrons. The van der Waals surface area contributed by atoms with E-state index >= 15 is 0 Å². The molecule has 0 bridgehead atoms. The minimum atomic E-state index is -0.466. The van der Waals surface area contributed by atoms with Crippen LogP contribution in [-0.4, -0.2) is 60.9 Å². The molecule has 0 saturated carbocycles. The lowest BCUT2D eigenvalue weighted by molar-refractivity contribution is -0.148. The van der Waals surface area contributed by atoms with Crippen LogP contribution in [0.5, 0.6) is 5.75 Å². The highest BCUT2D eigenvalue weighted by Crippen LogP contribution is 2.39. The number of carbonyl (C=O) groups is 2. The van der Waals surface area contributed by atoms with Crippen LogP contribution in [0.3, 0.4) is 0 Å². The van der Waals surface area contributed by atoms with E-state index in [0.717, 1.165) is 37.9 Å². The zero-order valence-corrected chi connectivity index (χ0v) is 19.4. The highest BCUT2D eigenvalue weighted by atomic mass is 16.5. The number of likely N-dealkylation sites (N-methyl/N-ethyl adjacent to an activating group) is 1. The van der Waals surface area contributed by atoms with Gasteiger partial charge in [-0.05, 0) is 49.7 Å². The minimum Gasteiger partial charge on any atom is -0.491 e. The van der Waals surface area contributed by atoms with Crippen LogP contribution in [-0.2, 0) is 16.0 Å². The molecule has 3 rings (SSSR count). The number of aryl methyl sites for hydroxylation is 1. The van der Waals surface area contributed by atoms with E-state index in [9.17, 15) is 9.59 Å². The lowest BCUT2D eigenvalue weighted by atomic mass is 9.73. The van der Waals surface area contributed by atoms with Crippen LogP contribution < -0.4 is 10.5 Å². The third kappa shape index (κ3) is 5.59. The van der Waals surface area contributed by atoms with Gasteiger partial charge in [-0.15, -0.1) is 0 Å². The maximum Gasteiger partial charge on any atom is 0.239 e. The summed E-state index contributed by atoms with van der Waals surface area (Å²) in [5.74, 6) is 1.27. The van der Waals surface area contributed by atoms with Crippen molar-refractivity contribution >= 4 is 11.8 Å². The molecule has 1 atom stereocenters. The van der Waals surface area contributed by atoms with Gasteiger partial charge in [0.05, 0.1) is 18.0 Å². The van der Waals surface area contributed by atoms with E-state index in [-0.39, 0.29) is 23.1 Å². The molecule has 0 unspecified atom stereocenters. The van der Waals surface area contributed by atoms with Gasteiger partial charge < -0.3 is 20.3 Å². The van der Waals surface area contributed by atoms with Crippen LogP contribution in [0.4, 0.5) is 0 Å². The summed E-state index contributed by atoms with van der Waals surface area (Å²) in [4.78, 5) is 29.9. The van der Waals surface area contributed by atoms with Crippen LogP contribution in [0.25, 0.3) is 0 Å². The van der Waals surface area contributed by atoms with Gasteiger partial charge >= 0.3 is 0 Å². The van der Waals surface area contributed by atoms with Gasteiger partial charge in [0.25, 0.3) is 0 Å². The van der Waals surface area contributed by atoms with Crippen LogP contribution in [0.2, 0.25) is 0 Å². The standard InChI is InChI=1S/C25H39N3O3/c1-19(2)22(26)23(29)28-15-13-25(14-16-28)12-8-4-5-9-20-10-6-7-11-21(20)31-18-17-27(3)24(25)30/h6-7,10-11,19,22H,4-5,8-9,12-18,26H2,1-3H3/t22-/m1/s1. The molecule has 31 heavy (non-hydrogen) atoms. The Bertz CT molecular complexity index is 756. The van der Waals surface area contributed by atoms with Crippen molar-refractivity contribution in [3.05, 3.63) is 29.8 Å². The van der Waals surface area contributed by atoms with Gasteiger partial charge in [-0.2, -0.15) is 0 Å². The predicted molar refractivity (Wildman–Crippen MR) is 123 cm³/mol. The van der Waals surface area contributed by atoms with Crippen molar-refractivity contribution in [2.45, 2.75) is 64.8 Å². The first-order chi connectivity index (χ1) is 14.8. The number of piperidine rings is 1. The topological polar surface area (TPSA) is 75.9 Å². The molecule has 2 amide bonds. The number of benzene rings is 1. The number of carbonyl (C=O) groups excluding carboxylic acids is 2. The maximum atomic E-state index is 13.5. The number of amides is 2. The molecule has 1 aromatic carbocycles. The van der Waals surface area contributed by atoms with Gasteiger partial charge in [-0.25, -0.2) is 0 Å². The third-order valence-electron chi connectivity index (χ3n) is 7.09. The summed E-state index contributed by atoms with van der Waals surface area (Å²) in [5.41, 5.74) is 6.96. The summed E-state index contributed by atoms with van der Waals surface area (Å²) in [6, 6.07) is 7.75. The second kappa shape index (κ2) is 10.5. The SMILES string of the molecule is CC(C)[C@@H](N)C(=O)N1CCC2(CCCCCc3ccccc3OCCN(C)C2=O)CC1. The van der Waals surface area contributed by atoms with Gasteiger partial charge in [-0.3, -0.25) is 9.59 Å². The number of para-hydroxylation sites is 1. The maximum absolute atomic E-state index is 13.5. The molecule has 2 heterocycles. The Hall–Kier alpha value is -2.08. The van der Waals surface area contributed by atoms with Gasteiger partial charge in [0.2, 0.25) is 11.8 Å². The molecule has 2 aliphatic heterocycles. The van der Waals surface area contributed by atoms with Crippen molar-refractivity contribution in [2.24, 2.45) is 17.1 Å². The Morgan fingerprint density at radius 2 is 1.77 bits per heavy atom. The average molecular weight is 430 g/mol. The molecule has 6 heteroatoms. The Labute approximate surface area is 187 Å². The summed E-state index contributed by atoms with van der Waals surface area (Å²) < 4.78 is 6.03. The van der Waals surface area contributed by atoms with E-state index in [4.69, 9.17) is 10.5 Å². The van der Waals surface area contributed by atoms with Crippen molar-refractivity contribution in [2.75, 3.05) is 33.3 Å². The molecule has 0 aliphatic carbocycles. The van der Waals surface area contributed by atoms with Crippen LogP contribution in [0.15, 0.2) is 24.3 Å². The molecular weight excluding hydrogens is 390 g/mol. The number of nitrogens with zero attached hydrogens (tertiary/aromatic N) is 2.